The van der Waals surface area contributed by atoms with E-state index in [1.54, 1.807) is 37.2 Å². The maximum Gasteiger partial charge on any atom is 0.334 e. The summed E-state index contributed by atoms with van der Waals surface area (Å²) in [5, 5.41) is 0. The normalized spacial score (nSPS) is 17.7. The minimum Gasteiger partial charge on any atom is -0.493 e. The number of rotatable bonds is 8. The number of ether oxygens (including phenoxy) is 6. The number of hydrogen-bond donors (Lipinski definition) is 0. The van der Waals surface area contributed by atoms with Gasteiger partial charge in [0, 0.05) is 11.5 Å². The molecule has 0 aromatic heterocycles. The highest BCUT2D eigenvalue weighted by Gasteiger charge is 2.31. The van der Waals surface area contributed by atoms with Gasteiger partial charge < -0.3 is 28.4 Å². The van der Waals surface area contributed by atoms with E-state index in [4.69, 9.17) is 28.4 Å². The van der Waals surface area contributed by atoms with E-state index in [9.17, 15) is 9.59 Å². The van der Waals surface area contributed by atoms with Crippen molar-refractivity contribution in [3.63, 3.8) is 0 Å². The Balaban J connectivity index is 1.63. The van der Waals surface area contributed by atoms with Gasteiger partial charge in [-0.05, 0) is 62.0 Å². The molecule has 1 saturated heterocycles. The third kappa shape index (κ3) is 5.09. The van der Waals surface area contributed by atoms with Gasteiger partial charge in [-0.25, -0.2) is 4.79 Å². The van der Waals surface area contributed by atoms with E-state index >= 15 is 0 Å². The van der Waals surface area contributed by atoms with Gasteiger partial charge in [0.2, 0.25) is 12.5 Å². The maximum absolute atomic E-state index is 12.5. The molecular weight excluding hydrogens is 442 g/mol. The number of fused-ring (bicyclic) bond motifs is 1. The first-order valence-corrected chi connectivity index (χ1v) is 10.8. The largest absolute Gasteiger partial charge is 0.493 e. The van der Waals surface area contributed by atoms with E-state index in [0.29, 0.717) is 40.6 Å². The van der Waals surface area contributed by atoms with E-state index in [0.717, 1.165) is 5.56 Å². The third-order valence-corrected chi connectivity index (χ3v) is 5.47. The lowest BCUT2D eigenvalue weighted by atomic mass is 9.92. The number of cyclic esters (lactones) is 1. The molecule has 9 heteroatoms. The minimum atomic E-state index is -0.448. The summed E-state index contributed by atoms with van der Waals surface area (Å²) in [4.78, 5) is 26.5. The molecule has 0 N–H and O–H groups in total. The summed E-state index contributed by atoms with van der Waals surface area (Å²) in [7, 11) is 6.50. The highest BCUT2D eigenvalue weighted by molar-refractivity contribution is 5.96. The lowest BCUT2D eigenvalue weighted by Gasteiger charge is -2.15. The number of esters is 2. The highest BCUT2D eigenvalue weighted by atomic mass is 16.7. The summed E-state index contributed by atoms with van der Waals surface area (Å²) in [6, 6.07) is 9.10. The molecule has 2 heterocycles. The van der Waals surface area contributed by atoms with Crippen LogP contribution in [0.3, 0.4) is 0 Å². The number of hydrogen-bond acceptors (Lipinski definition) is 9. The highest BCUT2D eigenvalue weighted by Crippen LogP contribution is 2.40. The molecule has 0 saturated carbocycles. The molecule has 2 aromatic carbocycles. The van der Waals surface area contributed by atoms with Crippen LogP contribution in [-0.2, 0) is 20.7 Å². The first kappa shape index (κ1) is 23.4. The Morgan fingerprint density at radius 1 is 1.06 bits per heavy atom. The molecule has 0 spiro atoms. The number of nitrogens with zero attached hydrogens (tertiary/aromatic N) is 1. The van der Waals surface area contributed by atoms with Crippen LogP contribution in [-0.4, -0.2) is 65.1 Å². The van der Waals surface area contributed by atoms with E-state index in [-0.39, 0.29) is 37.6 Å². The number of carbonyl (C=O) groups excluding carboxylic acids is 2. The Labute approximate surface area is 197 Å². The molecule has 0 aliphatic carbocycles. The van der Waals surface area contributed by atoms with Crippen LogP contribution in [0.5, 0.6) is 28.7 Å². The van der Waals surface area contributed by atoms with Crippen molar-refractivity contribution in [1.82, 2.24) is 4.90 Å². The molecule has 1 unspecified atom stereocenters. The first-order chi connectivity index (χ1) is 16.4. The van der Waals surface area contributed by atoms with Crippen LogP contribution in [0.15, 0.2) is 35.9 Å². The van der Waals surface area contributed by atoms with E-state index < -0.39 is 5.97 Å². The van der Waals surface area contributed by atoms with E-state index in [2.05, 4.69) is 0 Å². The van der Waals surface area contributed by atoms with Crippen molar-refractivity contribution < 1.29 is 38.0 Å². The monoisotopic (exact) mass is 469 g/mol. The second-order valence-electron chi connectivity index (χ2n) is 8.25. The van der Waals surface area contributed by atoms with Gasteiger partial charge in [-0.2, -0.15) is 0 Å². The summed E-state index contributed by atoms with van der Waals surface area (Å²) in [5.74, 6) is 1.30. The van der Waals surface area contributed by atoms with Gasteiger partial charge in [0.1, 0.15) is 0 Å². The predicted octanol–water partition coefficient (Wildman–Crippen LogP) is 2.70. The van der Waals surface area contributed by atoms with Gasteiger partial charge in [0.05, 0.1) is 27.4 Å². The van der Waals surface area contributed by atoms with Crippen LogP contribution in [0.1, 0.15) is 11.1 Å². The molecule has 4 rings (SSSR count). The van der Waals surface area contributed by atoms with Gasteiger partial charge in [-0.15, -0.1) is 0 Å². The third-order valence-electron chi connectivity index (χ3n) is 5.47. The van der Waals surface area contributed by atoms with Gasteiger partial charge in [-0.1, -0.05) is 6.07 Å². The van der Waals surface area contributed by atoms with Crippen LogP contribution >= 0.6 is 0 Å². The fourth-order valence-corrected chi connectivity index (χ4v) is 3.92. The minimum absolute atomic E-state index is 0.0979. The molecule has 34 heavy (non-hydrogen) atoms. The van der Waals surface area contributed by atoms with Gasteiger partial charge in [-0.3, -0.25) is 9.69 Å². The summed E-state index contributed by atoms with van der Waals surface area (Å²) in [5.41, 5.74) is 2.15. The van der Waals surface area contributed by atoms with Crippen LogP contribution in [0.4, 0.5) is 0 Å². The van der Waals surface area contributed by atoms with Gasteiger partial charge in [0.15, 0.2) is 23.0 Å². The molecule has 2 aromatic rings. The van der Waals surface area contributed by atoms with E-state index in [1.165, 1.54) is 14.2 Å². The van der Waals surface area contributed by atoms with Crippen molar-refractivity contribution in [3.05, 3.63) is 47.0 Å². The zero-order valence-corrected chi connectivity index (χ0v) is 19.6. The standard InChI is InChI=1S/C25H27NO8/c1-26(2)12-23(27)34-22-11-16(10-21(29-3)24(22)30-4)8-18-17(13-31-25(18)28)7-15-5-6-19-20(9-15)33-14-32-19/h5-6,8-11,17H,7,12-14H2,1-4H3/b18-8-. The molecule has 1 fully saturated rings. The Kier molecular flexibility index (Phi) is 6.93. The lowest BCUT2D eigenvalue weighted by Crippen LogP contribution is -2.25. The summed E-state index contributed by atoms with van der Waals surface area (Å²) in [6.45, 7) is 0.577. The number of carbonyl (C=O) groups is 2. The van der Waals surface area contributed by atoms with Crippen molar-refractivity contribution in [2.75, 3.05) is 48.3 Å². The second kappa shape index (κ2) is 10.0. The fourth-order valence-electron chi connectivity index (χ4n) is 3.92. The molecule has 180 valence electrons. The van der Waals surface area contributed by atoms with Crippen LogP contribution in [0.25, 0.3) is 6.08 Å². The van der Waals surface area contributed by atoms with Crippen molar-refractivity contribution in [2.24, 2.45) is 5.92 Å². The number of likely N-dealkylation sites (N-methyl/N-ethyl adjacent to an activating group) is 1. The van der Waals surface area contributed by atoms with Crippen molar-refractivity contribution in [3.8, 4) is 28.7 Å². The van der Waals surface area contributed by atoms with Crippen LogP contribution in [0, 0.1) is 5.92 Å². The lowest BCUT2D eigenvalue weighted by molar-refractivity contribution is -0.136. The molecule has 0 radical (unpaired) electrons. The number of methoxy groups -OCH3 is 2. The Bertz CT molecular complexity index is 1120. The molecule has 0 bridgehead atoms. The summed E-state index contributed by atoms with van der Waals surface area (Å²) in [6.07, 6.45) is 2.32. The van der Waals surface area contributed by atoms with Crippen molar-refractivity contribution >= 4 is 18.0 Å². The maximum atomic E-state index is 12.5. The predicted molar refractivity (Wildman–Crippen MR) is 122 cm³/mol. The van der Waals surface area contributed by atoms with Crippen LogP contribution < -0.4 is 23.7 Å². The molecule has 1 atom stereocenters. The smallest absolute Gasteiger partial charge is 0.334 e. The number of benzene rings is 2. The topological polar surface area (TPSA) is 92.8 Å². The Morgan fingerprint density at radius 3 is 2.56 bits per heavy atom. The van der Waals surface area contributed by atoms with Crippen molar-refractivity contribution in [2.45, 2.75) is 6.42 Å². The molecule has 0 amide bonds. The quantitative estimate of drug-likeness (QED) is 0.329. The van der Waals surface area contributed by atoms with Gasteiger partial charge in [0.25, 0.3) is 0 Å². The second-order valence-corrected chi connectivity index (χ2v) is 8.25. The molecule has 2 aliphatic heterocycles. The summed E-state index contributed by atoms with van der Waals surface area (Å²) >= 11 is 0. The van der Waals surface area contributed by atoms with Gasteiger partial charge >= 0.3 is 11.9 Å². The van der Waals surface area contributed by atoms with E-state index in [1.807, 2.05) is 18.2 Å². The average Bonchev–Trinajstić information content (AvgIpc) is 3.39. The Morgan fingerprint density at radius 2 is 1.82 bits per heavy atom. The molecular formula is C25H27NO8. The zero-order chi connectivity index (χ0) is 24.2. The van der Waals surface area contributed by atoms with Crippen LogP contribution in [0.2, 0.25) is 0 Å². The molecule has 2 aliphatic rings. The first-order valence-electron chi connectivity index (χ1n) is 10.8. The Hall–Kier alpha value is -3.72. The fraction of sp³-hybridized carbons (Fsp3) is 0.360. The average molecular weight is 469 g/mol. The SMILES string of the molecule is COc1cc(/C=C2\C(=O)OCC2Cc2ccc3c(c2)OCO3)cc(OC(=O)CN(C)C)c1OC. The summed E-state index contributed by atoms with van der Waals surface area (Å²) < 4.78 is 32.5. The zero-order valence-electron chi connectivity index (χ0n) is 19.6. The van der Waals surface area contributed by atoms with Crippen molar-refractivity contribution in [1.29, 1.82) is 0 Å². The molecule has 9 nitrogen and oxygen atoms in total.